The second-order valence-electron chi connectivity index (χ2n) is 4.00. The van der Waals surface area contributed by atoms with Crippen LogP contribution in [0.4, 0.5) is 5.69 Å². The van der Waals surface area contributed by atoms with Gasteiger partial charge in [-0.3, -0.25) is 4.79 Å². The maximum Gasteiger partial charge on any atom is 0.234 e. The third-order valence-electron chi connectivity index (χ3n) is 2.60. The predicted molar refractivity (Wildman–Crippen MR) is 80.2 cm³/mol. The van der Waals surface area contributed by atoms with Crippen LogP contribution in [-0.2, 0) is 10.7 Å². The van der Waals surface area contributed by atoms with E-state index in [1.54, 1.807) is 12.1 Å². The Hall–Kier alpha value is -1.10. The zero-order valence-electron chi connectivity index (χ0n) is 10.2. The summed E-state index contributed by atoms with van der Waals surface area (Å²) in [6.07, 6.45) is 0. The molecule has 0 aliphatic heterocycles. The first-order valence-electron chi connectivity index (χ1n) is 5.67. The molecule has 1 unspecified atom stereocenters. The number of carbonyl (C=O) groups is 1. The summed E-state index contributed by atoms with van der Waals surface area (Å²) in [4.78, 5) is 16.4. The number of benzene rings is 1. The van der Waals surface area contributed by atoms with E-state index >= 15 is 0 Å². The molecule has 3 nitrogen and oxygen atoms in total. The molecular formula is C13H12Cl2N2OS. The van der Waals surface area contributed by atoms with Crippen LogP contribution in [0.15, 0.2) is 29.6 Å². The molecule has 0 spiro atoms. The number of nitrogens with one attached hydrogen (secondary N) is 1. The van der Waals surface area contributed by atoms with Gasteiger partial charge in [0.05, 0.1) is 28.2 Å². The van der Waals surface area contributed by atoms with Gasteiger partial charge in [0.2, 0.25) is 5.91 Å². The van der Waals surface area contributed by atoms with Crippen LogP contribution in [0.5, 0.6) is 0 Å². The Balaban J connectivity index is 2.09. The highest BCUT2D eigenvalue weighted by atomic mass is 35.5. The monoisotopic (exact) mass is 314 g/mol. The molecule has 0 aliphatic carbocycles. The topological polar surface area (TPSA) is 42.0 Å². The van der Waals surface area contributed by atoms with Crippen LogP contribution in [0.25, 0.3) is 0 Å². The van der Waals surface area contributed by atoms with E-state index in [4.69, 9.17) is 23.2 Å². The minimum atomic E-state index is -0.335. The normalized spacial score (nSPS) is 12.2. The summed E-state index contributed by atoms with van der Waals surface area (Å²) >= 11 is 13.1. The number of amides is 1. The van der Waals surface area contributed by atoms with Crippen molar-refractivity contribution in [3.05, 3.63) is 45.4 Å². The second-order valence-corrected chi connectivity index (χ2v) is 5.57. The molecule has 1 N–H and O–H groups in total. The Bertz CT molecular complexity index is 586. The molecule has 0 aliphatic rings. The van der Waals surface area contributed by atoms with Gasteiger partial charge in [-0.2, -0.15) is 0 Å². The molecule has 0 saturated heterocycles. The fraction of sp³-hybridized carbons (Fsp3) is 0.231. The lowest BCUT2D eigenvalue weighted by molar-refractivity contribution is -0.117. The molecule has 0 bridgehead atoms. The lowest BCUT2D eigenvalue weighted by Gasteiger charge is -2.10. The molecule has 0 saturated carbocycles. The highest BCUT2D eigenvalue weighted by Crippen LogP contribution is 2.25. The van der Waals surface area contributed by atoms with E-state index in [0.717, 1.165) is 10.7 Å². The van der Waals surface area contributed by atoms with Crippen molar-refractivity contribution in [3.63, 3.8) is 0 Å². The van der Waals surface area contributed by atoms with Crippen molar-refractivity contribution in [1.82, 2.24) is 4.98 Å². The number of para-hydroxylation sites is 1. The second kappa shape index (κ2) is 6.37. The number of rotatable bonds is 4. The van der Waals surface area contributed by atoms with Crippen molar-refractivity contribution < 1.29 is 4.79 Å². The molecule has 1 heterocycles. The molecule has 2 aromatic rings. The van der Waals surface area contributed by atoms with E-state index in [9.17, 15) is 4.79 Å². The van der Waals surface area contributed by atoms with E-state index in [2.05, 4.69) is 10.3 Å². The number of alkyl halides is 1. The van der Waals surface area contributed by atoms with Crippen molar-refractivity contribution in [2.75, 3.05) is 5.32 Å². The van der Waals surface area contributed by atoms with E-state index in [1.165, 1.54) is 11.3 Å². The van der Waals surface area contributed by atoms with Crippen molar-refractivity contribution in [1.29, 1.82) is 0 Å². The zero-order valence-corrected chi connectivity index (χ0v) is 12.5. The van der Waals surface area contributed by atoms with Gasteiger partial charge < -0.3 is 5.32 Å². The number of hydrogen-bond acceptors (Lipinski definition) is 3. The van der Waals surface area contributed by atoms with E-state index < -0.39 is 0 Å². The number of nitrogens with zero attached hydrogens (tertiary/aromatic N) is 1. The summed E-state index contributed by atoms with van der Waals surface area (Å²) in [5.74, 6) is -0.114. The summed E-state index contributed by atoms with van der Waals surface area (Å²) in [7, 11) is 0. The highest BCUT2D eigenvalue weighted by Gasteiger charge is 2.19. The summed E-state index contributed by atoms with van der Waals surface area (Å²) in [5.41, 5.74) is 1.40. The molecule has 1 atom stereocenters. The third-order valence-corrected chi connectivity index (χ3v) is 4.28. The van der Waals surface area contributed by atoms with Gasteiger partial charge in [-0.1, -0.05) is 23.7 Å². The number of aromatic nitrogens is 1. The lowest BCUT2D eigenvalue weighted by atomic mass is 10.1. The number of halogens is 2. The summed E-state index contributed by atoms with van der Waals surface area (Å²) in [6, 6.07) is 7.13. The van der Waals surface area contributed by atoms with Gasteiger partial charge in [-0.15, -0.1) is 22.9 Å². The van der Waals surface area contributed by atoms with Crippen LogP contribution in [0.1, 0.15) is 23.5 Å². The van der Waals surface area contributed by atoms with Crippen molar-refractivity contribution in [2.24, 2.45) is 0 Å². The number of hydrogen-bond donors (Lipinski definition) is 1. The first kappa shape index (κ1) is 14.3. The fourth-order valence-corrected chi connectivity index (χ4v) is 2.78. The molecular weight excluding hydrogens is 303 g/mol. The predicted octanol–water partition coefficient (Wildman–Crippen LogP) is 4.28. The SMILES string of the molecule is CC(C(=O)Nc1ccccc1Cl)c1nc(CCl)cs1. The molecule has 1 aromatic heterocycles. The van der Waals surface area contributed by atoms with Crippen LogP contribution in [-0.4, -0.2) is 10.9 Å². The van der Waals surface area contributed by atoms with Crippen molar-refractivity contribution in [2.45, 2.75) is 18.7 Å². The van der Waals surface area contributed by atoms with Crippen molar-refractivity contribution >= 4 is 46.1 Å². The Kier molecular flexibility index (Phi) is 4.80. The maximum atomic E-state index is 12.1. The van der Waals surface area contributed by atoms with E-state index in [1.807, 2.05) is 24.4 Å². The maximum absolute atomic E-state index is 12.1. The summed E-state index contributed by atoms with van der Waals surface area (Å²) in [5, 5.41) is 5.93. The zero-order chi connectivity index (χ0) is 13.8. The van der Waals surface area contributed by atoms with Crippen LogP contribution in [0, 0.1) is 0 Å². The van der Waals surface area contributed by atoms with Crippen LogP contribution in [0.3, 0.4) is 0 Å². The smallest absolute Gasteiger partial charge is 0.234 e. The fourth-order valence-electron chi connectivity index (χ4n) is 1.50. The van der Waals surface area contributed by atoms with Gasteiger partial charge >= 0.3 is 0 Å². The largest absolute Gasteiger partial charge is 0.324 e. The Morgan fingerprint density at radius 3 is 2.84 bits per heavy atom. The summed E-state index contributed by atoms with van der Waals surface area (Å²) in [6.45, 7) is 1.81. The first-order chi connectivity index (χ1) is 9.11. The minimum Gasteiger partial charge on any atom is -0.324 e. The number of anilines is 1. The van der Waals surface area contributed by atoms with Crippen LogP contribution < -0.4 is 5.32 Å². The van der Waals surface area contributed by atoms with Crippen LogP contribution >= 0.6 is 34.5 Å². The van der Waals surface area contributed by atoms with Gasteiger partial charge in [0, 0.05) is 5.38 Å². The third kappa shape index (κ3) is 3.47. The standard InChI is InChI=1S/C13H12Cl2N2OS/c1-8(13-16-9(6-14)7-19-13)12(18)17-11-5-3-2-4-10(11)15/h2-5,7-8H,6H2,1H3,(H,17,18). The molecule has 0 fully saturated rings. The Morgan fingerprint density at radius 2 is 2.21 bits per heavy atom. The molecule has 0 radical (unpaired) electrons. The van der Waals surface area contributed by atoms with Crippen LogP contribution in [0.2, 0.25) is 5.02 Å². The lowest BCUT2D eigenvalue weighted by Crippen LogP contribution is -2.19. The average Bonchev–Trinajstić information content (AvgIpc) is 2.89. The molecule has 1 aromatic carbocycles. The number of thiazole rings is 1. The average molecular weight is 315 g/mol. The van der Waals surface area contributed by atoms with Gasteiger partial charge in [0.15, 0.2) is 0 Å². The highest BCUT2D eigenvalue weighted by molar-refractivity contribution is 7.09. The van der Waals surface area contributed by atoms with Gasteiger partial charge in [-0.25, -0.2) is 4.98 Å². The first-order valence-corrected chi connectivity index (χ1v) is 7.46. The molecule has 6 heteroatoms. The molecule has 19 heavy (non-hydrogen) atoms. The molecule has 100 valence electrons. The summed E-state index contributed by atoms with van der Waals surface area (Å²) < 4.78 is 0. The molecule has 1 amide bonds. The number of carbonyl (C=O) groups excluding carboxylic acids is 1. The van der Waals surface area contributed by atoms with Gasteiger partial charge in [-0.05, 0) is 19.1 Å². The Labute approximate surface area is 125 Å². The molecule has 2 rings (SSSR count). The van der Waals surface area contributed by atoms with Gasteiger partial charge in [0.25, 0.3) is 0 Å². The van der Waals surface area contributed by atoms with Gasteiger partial charge in [0.1, 0.15) is 5.01 Å². The van der Waals surface area contributed by atoms with Crippen molar-refractivity contribution in [3.8, 4) is 0 Å². The quantitative estimate of drug-likeness (QED) is 0.856. The Morgan fingerprint density at radius 1 is 1.47 bits per heavy atom. The van der Waals surface area contributed by atoms with E-state index in [-0.39, 0.29) is 11.8 Å². The van der Waals surface area contributed by atoms with E-state index in [0.29, 0.717) is 16.6 Å². The minimum absolute atomic E-state index is 0.136.